The third-order valence-corrected chi connectivity index (χ3v) is 8.72. The van der Waals surface area contributed by atoms with Gasteiger partial charge in [0.15, 0.2) is 11.6 Å². The second kappa shape index (κ2) is 23.3. The number of nitrogens with zero attached hydrogens (tertiary/aromatic N) is 4. The molecule has 1 unspecified atom stereocenters. The molecule has 1 aromatic carbocycles. The van der Waals surface area contributed by atoms with Crippen LogP contribution < -0.4 is 20.7 Å². The maximum atomic E-state index is 15.0. The fourth-order valence-electron chi connectivity index (χ4n) is 5.99. The monoisotopic (exact) mass is 705 g/mol. The van der Waals surface area contributed by atoms with E-state index in [1.807, 2.05) is 0 Å². The molecule has 50 heavy (non-hydrogen) atoms. The van der Waals surface area contributed by atoms with Crippen molar-refractivity contribution in [2.75, 3.05) is 109 Å². The molecule has 0 amide bonds. The molecule has 1 aliphatic heterocycles. The minimum atomic E-state index is -0.689. The number of carbonyl (C=O) groups is 1. The summed E-state index contributed by atoms with van der Waals surface area (Å²) >= 11 is 0. The fraction of sp³-hybridized carbons (Fsp3) is 0.714. The standard InChI is InChI=1S/C35H56FN7O7/c1-3-43-14-7-10-29(43)26-38-34-40-33(37-25-27-8-5-4-6-9-27)41-35(42-34)39-28-11-12-31(30(36)24-28)50-32(44)13-15-46-18-19-48-22-23-49-21-20-47-17-16-45-2/h11-12,24,27,29H,3-10,13-23,25-26H2,1-2H3,(H3,37,38,39,40,41,42). The first-order valence-electron chi connectivity index (χ1n) is 18.1. The van der Waals surface area contributed by atoms with E-state index in [4.69, 9.17) is 28.4 Å². The molecular weight excluding hydrogens is 649 g/mol. The van der Waals surface area contributed by atoms with E-state index in [0.29, 0.717) is 82.4 Å². The zero-order valence-electron chi connectivity index (χ0n) is 29.8. The molecule has 1 saturated carbocycles. The van der Waals surface area contributed by atoms with E-state index in [9.17, 15) is 4.79 Å². The molecule has 280 valence electrons. The molecule has 3 N–H and O–H groups in total. The van der Waals surface area contributed by atoms with E-state index >= 15 is 4.39 Å². The first kappa shape index (κ1) is 39.6. The van der Waals surface area contributed by atoms with Gasteiger partial charge in [-0.1, -0.05) is 26.2 Å². The number of aromatic nitrogens is 3. The van der Waals surface area contributed by atoms with Gasteiger partial charge in [0.2, 0.25) is 17.8 Å². The van der Waals surface area contributed by atoms with Crippen LogP contribution in [0.5, 0.6) is 5.75 Å². The van der Waals surface area contributed by atoms with Crippen molar-refractivity contribution < 1.29 is 37.6 Å². The van der Waals surface area contributed by atoms with E-state index in [1.54, 1.807) is 13.2 Å². The molecule has 2 heterocycles. The van der Waals surface area contributed by atoms with Gasteiger partial charge in [0.25, 0.3) is 0 Å². The van der Waals surface area contributed by atoms with Gasteiger partial charge >= 0.3 is 5.97 Å². The summed E-state index contributed by atoms with van der Waals surface area (Å²) < 4.78 is 46.7. The molecule has 0 bridgehead atoms. The van der Waals surface area contributed by atoms with Crippen molar-refractivity contribution in [2.45, 2.75) is 64.3 Å². The van der Waals surface area contributed by atoms with Crippen molar-refractivity contribution in [3.63, 3.8) is 0 Å². The topological polar surface area (TPSA) is 150 Å². The van der Waals surface area contributed by atoms with Crippen LogP contribution in [-0.2, 0) is 28.5 Å². The summed E-state index contributed by atoms with van der Waals surface area (Å²) in [5, 5.41) is 9.90. The highest BCUT2D eigenvalue weighted by Gasteiger charge is 2.23. The van der Waals surface area contributed by atoms with Crippen molar-refractivity contribution in [3.8, 4) is 5.75 Å². The normalized spacial score (nSPS) is 16.8. The molecule has 1 atom stereocenters. The van der Waals surface area contributed by atoms with Crippen molar-refractivity contribution in [1.29, 1.82) is 0 Å². The third-order valence-electron chi connectivity index (χ3n) is 8.72. The molecule has 15 heteroatoms. The molecule has 1 saturated heterocycles. The van der Waals surface area contributed by atoms with Gasteiger partial charge in [-0.15, -0.1) is 0 Å². The predicted molar refractivity (Wildman–Crippen MR) is 189 cm³/mol. The summed E-state index contributed by atoms with van der Waals surface area (Å²) in [5.74, 6) is 0.350. The molecule has 0 radical (unpaired) electrons. The van der Waals surface area contributed by atoms with Crippen LogP contribution >= 0.6 is 0 Å². The molecule has 4 rings (SSSR count). The Morgan fingerprint density at radius 3 is 2.06 bits per heavy atom. The first-order valence-corrected chi connectivity index (χ1v) is 18.1. The van der Waals surface area contributed by atoms with E-state index < -0.39 is 11.8 Å². The molecule has 2 aliphatic rings. The van der Waals surface area contributed by atoms with Crippen LogP contribution in [0.4, 0.5) is 27.9 Å². The van der Waals surface area contributed by atoms with Gasteiger partial charge in [0.1, 0.15) is 0 Å². The molecule has 1 aromatic heterocycles. The fourth-order valence-corrected chi connectivity index (χ4v) is 5.99. The second-order valence-electron chi connectivity index (χ2n) is 12.4. The summed E-state index contributed by atoms with van der Waals surface area (Å²) in [4.78, 5) is 28.6. The Hall–Kier alpha value is -3.21. The van der Waals surface area contributed by atoms with Gasteiger partial charge < -0.3 is 44.4 Å². The number of anilines is 4. The Morgan fingerprint density at radius 2 is 1.42 bits per heavy atom. The lowest BCUT2D eigenvalue weighted by molar-refractivity contribution is -0.135. The number of rotatable bonds is 25. The summed E-state index contributed by atoms with van der Waals surface area (Å²) in [6, 6.07) is 4.69. The van der Waals surface area contributed by atoms with Crippen LogP contribution in [0.1, 0.15) is 58.3 Å². The highest BCUT2D eigenvalue weighted by Crippen LogP contribution is 2.26. The lowest BCUT2D eigenvalue weighted by Crippen LogP contribution is -2.35. The van der Waals surface area contributed by atoms with Gasteiger partial charge in [-0.25, -0.2) is 4.39 Å². The number of likely N-dealkylation sites (N-methyl/N-ethyl adjacent to an activating group) is 1. The number of methoxy groups -OCH3 is 1. The zero-order valence-corrected chi connectivity index (χ0v) is 29.8. The van der Waals surface area contributed by atoms with Gasteiger partial charge in [-0.2, -0.15) is 15.0 Å². The average molecular weight is 706 g/mol. The van der Waals surface area contributed by atoms with Gasteiger partial charge in [-0.3, -0.25) is 9.69 Å². The first-order chi connectivity index (χ1) is 24.5. The van der Waals surface area contributed by atoms with E-state index in [-0.39, 0.29) is 24.7 Å². The molecule has 2 aromatic rings. The van der Waals surface area contributed by atoms with Gasteiger partial charge in [0, 0.05) is 38.0 Å². The molecule has 0 spiro atoms. The average Bonchev–Trinajstić information content (AvgIpc) is 3.59. The van der Waals surface area contributed by atoms with Gasteiger partial charge in [-0.05, 0) is 56.8 Å². The Morgan fingerprint density at radius 1 is 0.800 bits per heavy atom. The summed E-state index contributed by atoms with van der Waals surface area (Å²) in [6.45, 7) is 9.59. The van der Waals surface area contributed by atoms with Crippen LogP contribution in [0.3, 0.4) is 0 Å². The maximum Gasteiger partial charge on any atom is 0.313 e. The number of likely N-dealkylation sites (tertiary alicyclic amines) is 1. The molecular formula is C35H56FN7O7. The number of benzene rings is 1. The highest BCUT2D eigenvalue weighted by molar-refractivity contribution is 5.72. The number of esters is 1. The lowest BCUT2D eigenvalue weighted by Gasteiger charge is -2.23. The lowest BCUT2D eigenvalue weighted by atomic mass is 9.89. The quantitative estimate of drug-likeness (QED) is 0.0747. The Bertz CT molecular complexity index is 1260. The van der Waals surface area contributed by atoms with Crippen LogP contribution in [0.15, 0.2) is 18.2 Å². The minimum absolute atomic E-state index is 0.0280. The number of carbonyl (C=O) groups excluding carboxylic acids is 1. The van der Waals surface area contributed by atoms with Crippen molar-refractivity contribution in [3.05, 3.63) is 24.0 Å². The molecule has 2 fully saturated rings. The second-order valence-corrected chi connectivity index (χ2v) is 12.4. The number of nitrogens with one attached hydrogen (secondary N) is 3. The smallest absolute Gasteiger partial charge is 0.313 e. The van der Waals surface area contributed by atoms with E-state index in [2.05, 4.69) is 42.7 Å². The number of hydrogen-bond acceptors (Lipinski definition) is 14. The number of ether oxygens (including phenoxy) is 6. The summed E-state index contributed by atoms with van der Waals surface area (Å²) in [5.41, 5.74) is 0.412. The van der Waals surface area contributed by atoms with E-state index in [1.165, 1.54) is 50.7 Å². The van der Waals surface area contributed by atoms with Gasteiger partial charge in [0.05, 0.1) is 65.9 Å². The van der Waals surface area contributed by atoms with Crippen LogP contribution in [0, 0.1) is 11.7 Å². The Labute approximate surface area is 295 Å². The summed E-state index contributed by atoms with van der Waals surface area (Å²) in [6.07, 6.45) is 8.49. The van der Waals surface area contributed by atoms with Crippen LogP contribution in [-0.4, -0.2) is 125 Å². The third kappa shape index (κ3) is 15.0. The number of halogens is 1. The number of hydrogen-bond donors (Lipinski definition) is 3. The van der Waals surface area contributed by atoms with Crippen LogP contribution in [0.2, 0.25) is 0 Å². The Balaban J connectivity index is 1.19. The molecule has 1 aliphatic carbocycles. The highest BCUT2D eigenvalue weighted by atomic mass is 19.1. The van der Waals surface area contributed by atoms with Crippen molar-refractivity contribution >= 4 is 29.5 Å². The SMILES string of the molecule is CCN1CCCC1CNc1nc(NCC2CCCCC2)nc(Nc2ccc(OC(=O)CCOCCOCCOCCOCCOC)c(F)c2)n1. The van der Waals surface area contributed by atoms with Crippen molar-refractivity contribution in [1.82, 2.24) is 19.9 Å². The minimum Gasteiger partial charge on any atom is -0.423 e. The predicted octanol–water partition coefficient (Wildman–Crippen LogP) is 4.65. The molecule has 14 nitrogen and oxygen atoms in total. The van der Waals surface area contributed by atoms with Crippen molar-refractivity contribution in [2.24, 2.45) is 5.92 Å². The zero-order chi connectivity index (χ0) is 35.2. The summed E-state index contributed by atoms with van der Waals surface area (Å²) in [7, 11) is 1.63. The largest absolute Gasteiger partial charge is 0.423 e. The maximum absolute atomic E-state index is 15.0. The Kier molecular flexibility index (Phi) is 18.4. The van der Waals surface area contributed by atoms with Crippen LogP contribution in [0.25, 0.3) is 0 Å². The van der Waals surface area contributed by atoms with E-state index in [0.717, 1.165) is 32.6 Å².